The van der Waals surface area contributed by atoms with Gasteiger partial charge in [0.1, 0.15) is 18.2 Å². The van der Waals surface area contributed by atoms with Gasteiger partial charge in [-0.2, -0.15) is 0 Å². The zero-order chi connectivity index (χ0) is 14.8. The first-order valence-electron chi connectivity index (χ1n) is 6.38. The van der Waals surface area contributed by atoms with Crippen molar-refractivity contribution >= 4 is 42.6 Å². The number of halogens is 3. The third-order valence-electron chi connectivity index (χ3n) is 3.14. The van der Waals surface area contributed by atoms with E-state index in [0.29, 0.717) is 11.1 Å². The Balaban J connectivity index is 1.86. The second-order valence-electron chi connectivity index (χ2n) is 4.67. The molecule has 0 amide bonds. The van der Waals surface area contributed by atoms with Crippen molar-refractivity contribution in [3.63, 3.8) is 0 Å². The van der Waals surface area contributed by atoms with E-state index in [2.05, 4.69) is 31.9 Å². The summed E-state index contributed by atoms with van der Waals surface area (Å²) in [5, 5.41) is 2.24. The lowest BCUT2D eigenvalue weighted by Crippen LogP contribution is -1.97. The Morgan fingerprint density at radius 2 is 1.76 bits per heavy atom. The van der Waals surface area contributed by atoms with Crippen LogP contribution in [0.2, 0.25) is 0 Å². The van der Waals surface area contributed by atoms with Gasteiger partial charge in [-0.15, -0.1) is 0 Å². The summed E-state index contributed by atoms with van der Waals surface area (Å²) in [6.45, 7) is 0.313. The van der Waals surface area contributed by atoms with Crippen molar-refractivity contribution in [1.82, 2.24) is 0 Å². The zero-order valence-electron chi connectivity index (χ0n) is 10.9. The topological polar surface area (TPSA) is 9.23 Å². The van der Waals surface area contributed by atoms with Gasteiger partial charge in [0.2, 0.25) is 0 Å². The highest BCUT2D eigenvalue weighted by molar-refractivity contribution is 9.11. The van der Waals surface area contributed by atoms with Crippen LogP contribution in [0.4, 0.5) is 4.39 Å². The number of ether oxygens (including phenoxy) is 1. The molecule has 21 heavy (non-hydrogen) atoms. The lowest BCUT2D eigenvalue weighted by atomic mass is 10.1. The predicted octanol–water partition coefficient (Wildman–Crippen LogP) is 6.08. The molecule has 0 atom stereocenters. The molecule has 0 aliphatic heterocycles. The normalized spacial score (nSPS) is 10.8. The summed E-state index contributed by atoms with van der Waals surface area (Å²) in [6, 6.07) is 16.7. The van der Waals surface area contributed by atoms with E-state index in [1.54, 1.807) is 0 Å². The van der Waals surface area contributed by atoms with Gasteiger partial charge >= 0.3 is 0 Å². The number of hydrogen-bond acceptors (Lipinski definition) is 1. The third-order valence-corrected chi connectivity index (χ3v) is 4.42. The van der Waals surface area contributed by atoms with E-state index in [1.165, 1.54) is 12.1 Å². The van der Waals surface area contributed by atoms with Crippen molar-refractivity contribution in [3.05, 3.63) is 74.9 Å². The van der Waals surface area contributed by atoms with Gasteiger partial charge in [0.05, 0.1) is 4.47 Å². The van der Waals surface area contributed by atoms with Gasteiger partial charge in [-0.05, 0) is 56.5 Å². The van der Waals surface area contributed by atoms with Crippen LogP contribution < -0.4 is 4.74 Å². The van der Waals surface area contributed by atoms with Crippen molar-refractivity contribution < 1.29 is 9.13 Å². The van der Waals surface area contributed by atoms with E-state index in [0.717, 1.165) is 26.6 Å². The summed E-state index contributed by atoms with van der Waals surface area (Å²) in [6.07, 6.45) is 0. The van der Waals surface area contributed by atoms with Crippen molar-refractivity contribution in [1.29, 1.82) is 0 Å². The summed E-state index contributed by atoms with van der Waals surface area (Å²) < 4.78 is 20.8. The van der Waals surface area contributed by atoms with Crippen LogP contribution in [-0.4, -0.2) is 0 Å². The maximum Gasteiger partial charge on any atom is 0.134 e. The van der Waals surface area contributed by atoms with Gasteiger partial charge in [-0.25, -0.2) is 4.39 Å². The molecule has 0 aliphatic carbocycles. The highest BCUT2D eigenvalue weighted by atomic mass is 79.9. The second-order valence-corrected chi connectivity index (χ2v) is 6.37. The summed E-state index contributed by atoms with van der Waals surface area (Å²) in [7, 11) is 0. The molecule has 0 aliphatic rings. The van der Waals surface area contributed by atoms with E-state index in [-0.39, 0.29) is 5.82 Å². The van der Waals surface area contributed by atoms with Crippen LogP contribution in [0, 0.1) is 5.82 Å². The molecule has 0 N–H and O–H groups in total. The molecule has 4 heteroatoms. The Bertz CT molecular complexity index is 782. The first-order chi connectivity index (χ1) is 10.1. The quantitative estimate of drug-likeness (QED) is 0.509. The molecule has 3 aromatic rings. The van der Waals surface area contributed by atoms with Crippen molar-refractivity contribution in [2.45, 2.75) is 6.61 Å². The van der Waals surface area contributed by atoms with Crippen molar-refractivity contribution in [2.24, 2.45) is 0 Å². The van der Waals surface area contributed by atoms with Gasteiger partial charge in [-0.3, -0.25) is 0 Å². The minimum absolute atomic E-state index is 0.277. The molecule has 0 radical (unpaired) electrons. The molecule has 1 nitrogen and oxygen atoms in total. The van der Waals surface area contributed by atoms with E-state index >= 15 is 0 Å². The number of hydrogen-bond donors (Lipinski definition) is 0. The average molecular weight is 410 g/mol. The van der Waals surface area contributed by atoms with Crippen LogP contribution in [0.5, 0.6) is 5.75 Å². The molecule has 0 aromatic heterocycles. The second kappa shape index (κ2) is 6.16. The average Bonchev–Trinajstić information content (AvgIpc) is 2.46. The number of rotatable bonds is 3. The van der Waals surface area contributed by atoms with Gasteiger partial charge in [-0.1, -0.05) is 46.3 Å². The van der Waals surface area contributed by atoms with Crippen LogP contribution in [-0.2, 0) is 6.61 Å². The molecule has 0 saturated carbocycles. The van der Waals surface area contributed by atoms with Gasteiger partial charge < -0.3 is 4.74 Å². The van der Waals surface area contributed by atoms with E-state index < -0.39 is 0 Å². The molecule has 0 fully saturated rings. The Morgan fingerprint density at radius 1 is 0.952 bits per heavy atom. The molecule has 0 bridgehead atoms. The molecule has 3 rings (SSSR count). The Labute approximate surface area is 139 Å². The van der Waals surface area contributed by atoms with E-state index in [1.807, 2.05) is 42.5 Å². The Kier molecular flexibility index (Phi) is 4.27. The first-order valence-corrected chi connectivity index (χ1v) is 7.97. The molecular weight excluding hydrogens is 399 g/mol. The molecule has 3 aromatic carbocycles. The van der Waals surface area contributed by atoms with Crippen LogP contribution in [0.15, 0.2) is 63.5 Å². The lowest BCUT2D eigenvalue weighted by molar-refractivity contribution is 0.304. The summed E-state index contributed by atoms with van der Waals surface area (Å²) in [5.41, 5.74) is 0.780. The third kappa shape index (κ3) is 3.27. The van der Waals surface area contributed by atoms with E-state index in [4.69, 9.17) is 4.74 Å². The largest absolute Gasteiger partial charge is 0.488 e. The smallest absolute Gasteiger partial charge is 0.134 e. The summed E-state index contributed by atoms with van der Waals surface area (Å²) in [5.74, 6) is 0.467. The molecule has 106 valence electrons. The molecule has 0 spiro atoms. The van der Waals surface area contributed by atoms with Gasteiger partial charge in [0, 0.05) is 4.47 Å². The van der Waals surface area contributed by atoms with Crippen LogP contribution >= 0.6 is 31.9 Å². The summed E-state index contributed by atoms with van der Waals surface area (Å²) in [4.78, 5) is 0. The lowest BCUT2D eigenvalue weighted by Gasteiger charge is -2.11. The fourth-order valence-electron chi connectivity index (χ4n) is 2.18. The number of benzene rings is 3. The van der Waals surface area contributed by atoms with Crippen LogP contribution in [0.25, 0.3) is 10.8 Å². The first kappa shape index (κ1) is 14.5. The SMILES string of the molecule is Fc1cc(Br)cc(COc2ccc3ccccc3c2Br)c1. The molecular formula is C17H11Br2FO. The number of fused-ring (bicyclic) bond motifs is 1. The highest BCUT2D eigenvalue weighted by Crippen LogP contribution is 2.33. The summed E-state index contributed by atoms with van der Waals surface area (Å²) >= 11 is 6.86. The van der Waals surface area contributed by atoms with Gasteiger partial charge in [0.15, 0.2) is 0 Å². The monoisotopic (exact) mass is 408 g/mol. The minimum Gasteiger partial charge on any atom is -0.488 e. The minimum atomic E-state index is -0.277. The molecule has 0 unspecified atom stereocenters. The van der Waals surface area contributed by atoms with Crippen molar-refractivity contribution in [3.8, 4) is 5.75 Å². The maximum absolute atomic E-state index is 13.3. The zero-order valence-corrected chi connectivity index (χ0v) is 14.1. The van der Waals surface area contributed by atoms with E-state index in [9.17, 15) is 4.39 Å². The van der Waals surface area contributed by atoms with Crippen LogP contribution in [0.1, 0.15) is 5.56 Å². The fourth-order valence-corrected chi connectivity index (χ4v) is 3.30. The maximum atomic E-state index is 13.3. The fraction of sp³-hybridized carbons (Fsp3) is 0.0588. The highest BCUT2D eigenvalue weighted by Gasteiger charge is 2.07. The predicted molar refractivity (Wildman–Crippen MR) is 90.1 cm³/mol. The standard InChI is InChI=1S/C17H11Br2FO/c18-13-7-11(8-14(20)9-13)10-21-16-6-5-12-3-1-2-4-15(12)17(16)19/h1-9H,10H2. The Morgan fingerprint density at radius 3 is 2.57 bits per heavy atom. The van der Waals surface area contributed by atoms with Gasteiger partial charge in [0.25, 0.3) is 0 Å². The van der Waals surface area contributed by atoms with Crippen LogP contribution in [0.3, 0.4) is 0 Å². The molecule has 0 heterocycles. The molecule has 0 saturated heterocycles. The van der Waals surface area contributed by atoms with Crippen molar-refractivity contribution in [2.75, 3.05) is 0 Å². The Hall–Kier alpha value is -1.39.